The van der Waals surface area contributed by atoms with Crippen LogP contribution in [0.3, 0.4) is 0 Å². The minimum Gasteiger partial charge on any atom is -0.377 e. The van der Waals surface area contributed by atoms with Crippen molar-refractivity contribution in [3.63, 3.8) is 0 Å². The molecular weight excluding hydrogens is 218 g/mol. The highest BCUT2D eigenvalue weighted by atomic mass is 16.5. The number of rotatable bonds is 4. The standard InChI is InChI=1S/C12H21N3O2/c1-16-8-10-14-11(17-15-10)12(9-13)6-4-2-3-5-7-12/h2-9,13H2,1H3. The number of nitrogens with two attached hydrogens (primary N) is 1. The molecular formula is C12H21N3O2. The molecule has 1 aliphatic carbocycles. The van der Waals surface area contributed by atoms with E-state index in [-0.39, 0.29) is 5.41 Å². The summed E-state index contributed by atoms with van der Waals surface area (Å²) in [6.07, 6.45) is 7.05. The average molecular weight is 239 g/mol. The number of ether oxygens (including phenoxy) is 1. The molecule has 0 amide bonds. The van der Waals surface area contributed by atoms with Crippen molar-refractivity contribution in [2.75, 3.05) is 13.7 Å². The Morgan fingerprint density at radius 2 is 2.00 bits per heavy atom. The monoisotopic (exact) mass is 239 g/mol. The smallest absolute Gasteiger partial charge is 0.234 e. The summed E-state index contributed by atoms with van der Waals surface area (Å²) in [6, 6.07) is 0. The van der Waals surface area contributed by atoms with Crippen molar-refractivity contribution in [3.05, 3.63) is 11.7 Å². The van der Waals surface area contributed by atoms with Crippen molar-refractivity contribution in [3.8, 4) is 0 Å². The predicted octanol–water partition coefficient (Wildman–Crippen LogP) is 1.77. The van der Waals surface area contributed by atoms with Gasteiger partial charge in [-0.3, -0.25) is 0 Å². The van der Waals surface area contributed by atoms with E-state index >= 15 is 0 Å². The Morgan fingerprint density at radius 3 is 2.59 bits per heavy atom. The van der Waals surface area contributed by atoms with E-state index in [1.807, 2.05) is 0 Å². The fourth-order valence-corrected chi connectivity index (χ4v) is 2.57. The van der Waals surface area contributed by atoms with E-state index in [9.17, 15) is 0 Å². The van der Waals surface area contributed by atoms with Gasteiger partial charge in [0, 0.05) is 13.7 Å². The van der Waals surface area contributed by atoms with E-state index in [4.69, 9.17) is 15.0 Å². The highest BCUT2D eigenvalue weighted by Gasteiger charge is 2.36. The average Bonchev–Trinajstić information content (AvgIpc) is 2.68. The molecule has 0 aliphatic heterocycles. The van der Waals surface area contributed by atoms with Crippen LogP contribution in [0.2, 0.25) is 0 Å². The van der Waals surface area contributed by atoms with E-state index in [0.717, 1.165) is 12.8 Å². The third-order valence-electron chi connectivity index (χ3n) is 3.65. The second-order valence-electron chi connectivity index (χ2n) is 4.85. The summed E-state index contributed by atoms with van der Waals surface area (Å²) in [7, 11) is 1.63. The summed E-state index contributed by atoms with van der Waals surface area (Å²) in [5.41, 5.74) is 5.86. The molecule has 5 nitrogen and oxygen atoms in total. The quantitative estimate of drug-likeness (QED) is 0.810. The molecule has 0 unspecified atom stereocenters. The molecule has 1 aromatic rings. The Balaban J connectivity index is 2.19. The fourth-order valence-electron chi connectivity index (χ4n) is 2.57. The summed E-state index contributed by atoms with van der Waals surface area (Å²) in [5, 5.41) is 3.94. The molecule has 0 spiro atoms. The second kappa shape index (κ2) is 5.60. The summed E-state index contributed by atoms with van der Waals surface area (Å²) in [6.45, 7) is 0.978. The third kappa shape index (κ3) is 2.66. The molecule has 1 fully saturated rings. The lowest BCUT2D eigenvalue weighted by atomic mass is 9.80. The van der Waals surface area contributed by atoms with Crippen LogP contribution >= 0.6 is 0 Å². The van der Waals surface area contributed by atoms with Gasteiger partial charge < -0.3 is 15.0 Å². The van der Waals surface area contributed by atoms with E-state index < -0.39 is 0 Å². The first-order valence-corrected chi connectivity index (χ1v) is 6.33. The Labute approximate surface area is 102 Å². The van der Waals surface area contributed by atoms with Crippen molar-refractivity contribution in [1.29, 1.82) is 0 Å². The first-order chi connectivity index (χ1) is 8.30. The first-order valence-electron chi connectivity index (χ1n) is 6.33. The van der Waals surface area contributed by atoms with Gasteiger partial charge in [-0.25, -0.2) is 0 Å². The molecule has 1 heterocycles. The van der Waals surface area contributed by atoms with Crippen LogP contribution in [0.5, 0.6) is 0 Å². The van der Waals surface area contributed by atoms with Crippen LogP contribution < -0.4 is 5.73 Å². The van der Waals surface area contributed by atoms with Crippen LogP contribution in [-0.2, 0) is 16.8 Å². The van der Waals surface area contributed by atoms with Crippen molar-refractivity contribution in [1.82, 2.24) is 10.1 Å². The Morgan fingerprint density at radius 1 is 1.29 bits per heavy atom. The van der Waals surface area contributed by atoms with E-state index in [1.165, 1.54) is 25.7 Å². The normalized spacial score (nSPS) is 20.1. The molecule has 0 atom stereocenters. The lowest BCUT2D eigenvalue weighted by molar-refractivity contribution is 0.174. The lowest BCUT2D eigenvalue weighted by Crippen LogP contribution is -2.35. The maximum atomic E-state index is 5.96. The van der Waals surface area contributed by atoms with Crippen molar-refractivity contribution < 1.29 is 9.26 Å². The van der Waals surface area contributed by atoms with Gasteiger partial charge in [0.25, 0.3) is 0 Å². The minimum atomic E-state index is -0.102. The molecule has 5 heteroatoms. The van der Waals surface area contributed by atoms with Gasteiger partial charge >= 0.3 is 0 Å². The Hall–Kier alpha value is -0.940. The molecule has 2 N–H and O–H groups in total. The summed E-state index contributed by atoms with van der Waals surface area (Å²) < 4.78 is 10.4. The molecule has 1 aromatic heterocycles. The van der Waals surface area contributed by atoms with Crippen LogP contribution in [0, 0.1) is 0 Å². The van der Waals surface area contributed by atoms with Crippen molar-refractivity contribution >= 4 is 0 Å². The SMILES string of the molecule is COCc1noc(C2(CN)CCCCCC2)n1. The highest BCUT2D eigenvalue weighted by Crippen LogP contribution is 2.36. The van der Waals surface area contributed by atoms with E-state index in [1.54, 1.807) is 7.11 Å². The van der Waals surface area contributed by atoms with Gasteiger partial charge in [-0.1, -0.05) is 30.8 Å². The van der Waals surface area contributed by atoms with Crippen LogP contribution in [0.1, 0.15) is 50.2 Å². The summed E-state index contributed by atoms with van der Waals surface area (Å²) in [4.78, 5) is 4.43. The van der Waals surface area contributed by atoms with Crippen LogP contribution in [-0.4, -0.2) is 23.8 Å². The Bertz CT molecular complexity index is 343. The number of hydrogen-bond donors (Lipinski definition) is 1. The van der Waals surface area contributed by atoms with E-state index in [0.29, 0.717) is 24.9 Å². The second-order valence-corrected chi connectivity index (χ2v) is 4.85. The zero-order chi connectivity index (χ0) is 12.1. The van der Waals surface area contributed by atoms with Gasteiger partial charge in [0.05, 0.1) is 5.41 Å². The van der Waals surface area contributed by atoms with Gasteiger partial charge in [-0.05, 0) is 12.8 Å². The molecule has 96 valence electrons. The van der Waals surface area contributed by atoms with Gasteiger partial charge in [0.15, 0.2) is 5.82 Å². The molecule has 2 rings (SSSR count). The van der Waals surface area contributed by atoms with Gasteiger partial charge in [0.1, 0.15) is 6.61 Å². The van der Waals surface area contributed by atoms with E-state index in [2.05, 4.69) is 10.1 Å². The molecule has 17 heavy (non-hydrogen) atoms. The van der Waals surface area contributed by atoms with Gasteiger partial charge in [0.2, 0.25) is 5.89 Å². The largest absolute Gasteiger partial charge is 0.377 e. The third-order valence-corrected chi connectivity index (χ3v) is 3.65. The molecule has 1 aliphatic rings. The van der Waals surface area contributed by atoms with Gasteiger partial charge in [-0.15, -0.1) is 0 Å². The minimum absolute atomic E-state index is 0.102. The predicted molar refractivity (Wildman–Crippen MR) is 63.4 cm³/mol. The maximum absolute atomic E-state index is 5.96. The lowest BCUT2D eigenvalue weighted by Gasteiger charge is -2.26. The first kappa shape index (κ1) is 12.5. The molecule has 0 saturated heterocycles. The zero-order valence-electron chi connectivity index (χ0n) is 10.4. The van der Waals surface area contributed by atoms with Crippen LogP contribution in [0.15, 0.2) is 4.52 Å². The molecule has 0 radical (unpaired) electrons. The number of aromatic nitrogens is 2. The van der Waals surface area contributed by atoms with Crippen LogP contribution in [0.4, 0.5) is 0 Å². The van der Waals surface area contributed by atoms with Crippen molar-refractivity contribution in [2.24, 2.45) is 5.73 Å². The Kier molecular flexibility index (Phi) is 4.12. The molecule has 0 bridgehead atoms. The topological polar surface area (TPSA) is 74.2 Å². The fraction of sp³-hybridized carbons (Fsp3) is 0.833. The van der Waals surface area contributed by atoms with Crippen molar-refractivity contribution in [2.45, 2.75) is 50.5 Å². The summed E-state index contributed by atoms with van der Waals surface area (Å²) in [5.74, 6) is 1.31. The highest BCUT2D eigenvalue weighted by molar-refractivity contribution is 5.07. The number of methoxy groups -OCH3 is 1. The summed E-state index contributed by atoms with van der Waals surface area (Å²) >= 11 is 0. The van der Waals surface area contributed by atoms with Gasteiger partial charge in [-0.2, -0.15) is 4.98 Å². The molecule has 1 saturated carbocycles. The number of hydrogen-bond acceptors (Lipinski definition) is 5. The number of nitrogens with zero attached hydrogens (tertiary/aromatic N) is 2. The maximum Gasteiger partial charge on any atom is 0.234 e. The van der Waals surface area contributed by atoms with Crippen LogP contribution in [0.25, 0.3) is 0 Å². The zero-order valence-corrected chi connectivity index (χ0v) is 10.4. The molecule has 0 aromatic carbocycles.